The standard InChI is InChI=1S/C18H37NO2S/c1-4-6-7-8-17(5-2)9-10-18-11-13-19(14-12-18)15-16-22(3,20)21/h17-18H,4-16H2,1-3H3. The van der Waals surface area contributed by atoms with E-state index in [2.05, 4.69) is 18.7 Å². The normalized spacial score (nSPS) is 19.4. The molecule has 0 N–H and O–H groups in total. The Kier molecular flexibility index (Phi) is 9.65. The van der Waals surface area contributed by atoms with Crippen LogP contribution in [0.2, 0.25) is 0 Å². The molecule has 0 aromatic rings. The number of unbranched alkanes of at least 4 members (excludes halogenated alkanes) is 2. The molecule has 1 aliphatic rings. The fourth-order valence-corrected chi connectivity index (χ4v) is 4.09. The zero-order valence-electron chi connectivity index (χ0n) is 15.0. The van der Waals surface area contributed by atoms with Crippen LogP contribution in [0, 0.1) is 11.8 Å². The van der Waals surface area contributed by atoms with Crippen molar-refractivity contribution in [2.24, 2.45) is 11.8 Å². The molecule has 1 aliphatic heterocycles. The SMILES string of the molecule is CCCCCC(CC)CCC1CCN(CCS(C)(=O)=O)CC1. The van der Waals surface area contributed by atoms with Crippen molar-refractivity contribution in [1.82, 2.24) is 4.90 Å². The van der Waals surface area contributed by atoms with Crippen LogP contribution < -0.4 is 0 Å². The van der Waals surface area contributed by atoms with Crippen LogP contribution in [0.4, 0.5) is 0 Å². The predicted octanol–water partition coefficient (Wildman–Crippen LogP) is 4.13. The third-order valence-corrected chi connectivity index (χ3v) is 6.19. The van der Waals surface area contributed by atoms with Gasteiger partial charge in [0.05, 0.1) is 5.75 Å². The molecule has 0 amide bonds. The Morgan fingerprint density at radius 3 is 2.32 bits per heavy atom. The number of rotatable bonds is 11. The maximum absolute atomic E-state index is 11.2. The Labute approximate surface area is 138 Å². The molecule has 1 rings (SSSR count). The van der Waals surface area contributed by atoms with Crippen molar-refractivity contribution in [2.45, 2.75) is 71.6 Å². The smallest absolute Gasteiger partial charge is 0.148 e. The quantitative estimate of drug-likeness (QED) is 0.534. The van der Waals surface area contributed by atoms with E-state index in [-0.39, 0.29) is 0 Å². The topological polar surface area (TPSA) is 37.4 Å². The molecule has 0 spiro atoms. The van der Waals surface area contributed by atoms with Gasteiger partial charge in [-0.05, 0) is 37.8 Å². The first kappa shape index (κ1) is 20.0. The molecular weight excluding hydrogens is 294 g/mol. The summed E-state index contributed by atoms with van der Waals surface area (Å²) in [6.07, 6.45) is 13.5. The Morgan fingerprint density at radius 1 is 1.09 bits per heavy atom. The molecule has 1 atom stereocenters. The summed E-state index contributed by atoms with van der Waals surface area (Å²) in [5.74, 6) is 2.11. The van der Waals surface area contributed by atoms with Crippen LogP contribution in [0.25, 0.3) is 0 Å². The molecule has 4 heteroatoms. The maximum Gasteiger partial charge on any atom is 0.148 e. The van der Waals surface area contributed by atoms with E-state index >= 15 is 0 Å². The van der Waals surface area contributed by atoms with Crippen molar-refractivity contribution in [2.75, 3.05) is 31.6 Å². The largest absolute Gasteiger partial charge is 0.302 e. The lowest BCUT2D eigenvalue weighted by atomic mass is 9.86. The number of likely N-dealkylation sites (tertiary alicyclic amines) is 1. The summed E-state index contributed by atoms with van der Waals surface area (Å²) in [7, 11) is -2.81. The second-order valence-electron chi connectivity index (χ2n) is 7.26. The third-order valence-electron chi connectivity index (χ3n) is 5.26. The highest BCUT2D eigenvalue weighted by Crippen LogP contribution is 2.27. The molecule has 0 aromatic carbocycles. The van der Waals surface area contributed by atoms with Gasteiger partial charge in [-0.15, -0.1) is 0 Å². The predicted molar refractivity (Wildman–Crippen MR) is 96.0 cm³/mol. The maximum atomic E-state index is 11.2. The minimum absolute atomic E-state index is 0.313. The average molecular weight is 332 g/mol. The molecule has 132 valence electrons. The number of sulfone groups is 1. The summed E-state index contributed by atoms with van der Waals surface area (Å²) in [6, 6.07) is 0. The second-order valence-corrected chi connectivity index (χ2v) is 9.52. The van der Waals surface area contributed by atoms with Crippen LogP contribution in [-0.4, -0.2) is 45.0 Å². The van der Waals surface area contributed by atoms with Crippen LogP contribution in [0.15, 0.2) is 0 Å². The lowest BCUT2D eigenvalue weighted by Gasteiger charge is -2.32. The van der Waals surface area contributed by atoms with E-state index in [1.807, 2.05) is 0 Å². The Balaban J connectivity index is 2.16. The van der Waals surface area contributed by atoms with Gasteiger partial charge in [0.2, 0.25) is 0 Å². The van der Waals surface area contributed by atoms with E-state index in [0.29, 0.717) is 5.75 Å². The summed E-state index contributed by atoms with van der Waals surface area (Å²) < 4.78 is 22.5. The molecule has 0 aromatic heterocycles. The van der Waals surface area contributed by atoms with Crippen molar-refractivity contribution < 1.29 is 8.42 Å². The minimum Gasteiger partial charge on any atom is -0.302 e. The highest BCUT2D eigenvalue weighted by atomic mass is 32.2. The first-order valence-corrected chi connectivity index (χ1v) is 11.4. The van der Waals surface area contributed by atoms with Crippen molar-refractivity contribution in [1.29, 1.82) is 0 Å². The highest BCUT2D eigenvalue weighted by molar-refractivity contribution is 7.90. The van der Waals surface area contributed by atoms with Gasteiger partial charge in [-0.25, -0.2) is 8.42 Å². The van der Waals surface area contributed by atoms with Gasteiger partial charge in [0.15, 0.2) is 0 Å². The number of hydrogen-bond acceptors (Lipinski definition) is 3. The van der Waals surface area contributed by atoms with Crippen LogP contribution in [0.5, 0.6) is 0 Å². The highest BCUT2D eigenvalue weighted by Gasteiger charge is 2.20. The third kappa shape index (κ3) is 9.14. The lowest BCUT2D eigenvalue weighted by Crippen LogP contribution is -2.36. The molecule has 0 aliphatic carbocycles. The Hall–Kier alpha value is -0.0900. The van der Waals surface area contributed by atoms with Crippen molar-refractivity contribution in [3.8, 4) is 0 Å². The molecule has 0 radical (unpaired) electrons. The van der Waals surface area contributed by atoms with Gasteiger partial charge in [-0.3, -0.25) is 0 Å². The fraction of sp³-hybridized carbons (Fsp3) is 1.00. The fourth-order valence-electron chi connectivity index (χ4n) is 3.50. The van der Waals surface area contributed by atoms with Crippen LogP contribution >= 0.6 is 0 Å². The zero-order chi connectivity index (χ0) is 16.4. The molecule has 1 saturated heterocycles. The van der Waals surface area contributed by atoms with E-state index in [1.54, 1.807) is 0 Å². The van der Waals surface area contributed by atoms with E-state index in [0.717, 1.165) is 31.5 Å². The number of piperidine rings is 1. The summed E-state index contributed by atoms with van der Waals surface area (Å²) in [6.45, 7) is 7.52. The zero-order valence-corrected chi connectivity index (χ0v) is 15.8. The summed E-state index contributed by atoms with van der Waals surface area (Å²) in [5, 5.41) is 0. The minimum atomic E-state index is -2.81. The molecule has 1 unspecified atom stereocenters. The van der Waals surface area contributed by atoms with Crippen LogP contribution in [-0.2, 0) is 9.84 Å². The molecule has 1 fully saturated rings. The average Bonchev–Trinajstić information content (AvgIpc) is 2.49. The van der Waals surface area contributed by atoms with Crippen molar-refractivity contribution in [3.05, 3.63) is 0 Å². The molecule has 3 nitrogen and oxygen atoms in total. The van der Waals surface area contributed by atoms with Gasteiger partial charge in [-0.2, -0.15) is 0 Å². The van der Waals surface area contributed by atoms with E-state index in [4.69, 9.17) is 0 Å². The summed E-state index contributed by atoms with van der Waals surface area (Å²) in [4.78, 5) is 2.33. The Morgan fingerprint density at radius 2 is 1.77 bits per heavy atom. The van der Waals surface area contributed by atoms with Gasteiger partial charge in [0.1, 0.15) is 9.84 Å². The molecular formula is C18H37NO2S. The first-order valence-electron chi connectivity index (χ1n) is 9.34. The first-order chi connectivity index (χ1) is 10.4. The van der Waals surface area contributed by atoms with E-state index in [1.165, 1.54) is 64.0 Å². The second kappa shape index (κ2) is 10.6. The Bertz CT molecular complexity index is 373. The van der Waals surface area contributed by atoms with Crippen LogP contribution in [0.3, 0.4) is 0 Å². The molecule has 0 bridgehead atoms. The van der Waals surface area contributed by atoms with Gasteiger partial charge in [-0.1, -0.05) is 58.8 Å². The van der Waals surface area contributed by atoms with Crippen molar-refractivity contribution in [3.63, 3.8) is 0 Å². The van der Waals surface area contributed by atoms with Gasteiger partial charge in [0, 0.05) is 12.8 Å². The van der Waals surface area contributed by atoms with E-state index in [9.17, 15) is 8.42 Å². The monoisotopic (exact) mass is 331 g/mol. The van der Waals surface area contributed by atoms with Crippen LogP contribution in [0.1, 0.15) is 71.6 Å². The summed E-state index contributed by atoms with van der Waals surface area (Å²) >= 11 is 0. The number of nitrogens with zero attached hydrogens (tertiary/aromatic N) is 1. The van der Waals surface area contributed by atoms with Crippen molar-refractivity contribution >= 4 is 9.84 Å². The molecule has 0 saturated carbocycles. The molecule has 22 heavy (non-hydrogen) atoms. The van der Waals surface area contributed by atoms with Gasteiger partial charge >= 0.3 is 0 Å². The lowest BCUT2D eigenvalue weighted by molar-refractivity contribution is 0.180. The molecule has 1 heterocycles. The summed E-state index contributed by atoms with van der Waals surface area (Å²) in [5.41, 5.74) is 0. The van der Waals surface area contributed by atoms with E-state index < -0.39 is 9.84 Å². The number of hydrogen-bond donors (Lipinski definition) is 0. The van der Waals surface area contributed by atoms with Gasteiger partial charge < -0.3 is 4.90 Å². The van der Waals surface area contributed by atoms with Gasteiger partial charge in [0.25, 0.3) is 0 Å².